The van der Waals surface area contributed by atoms with Crippen molar-refractivity contribution in [3.63, 3.8) is 0 Å². The van der Waals surface area contributed by atoms with Gasteiger partial charge in [-0.2, -0.15) is 0 Å². The summed E-state index contributed by atoms with van der Waals surface area (Å²) < 4.78 is 14.9. The minimum absolute atomic E-state index is 0.134. The molecule has 0 aliphatic carbocycles. The van der Waals surface area contributed by atoms with E-state index in [1.165, 1.54) is 16.8 Å². The second kappa shape index (κ2) is 4.56. The third-order valence-electron chi connectivity index (χ3n) is 2.54. The molecule has 0 atom stereocenters. The fourth-order valence-electron chi connectivity index (χ4n) is 1.76. The average molecular weight is 249 g/mol. The minimum atomic E-state index is -1.17. The summed E-state index contributed by atoms with van der Waals surface area (Å²) in [6.45, 7) is 3.62. The van der Waals surface area contributed by atoms with Crippen LogP contribution in [0.15, 0.2) is 24.3 Å². The summed E-state index contributed by atoms with van der Waals surface area (Å²) in [5.74, 6) is -1.77. The quantitative estimate of drug-likeness (QED) is 0.905. The number of aromatic carboxylic acids is 1. The Morgan fingerprint density at radius 1 is 1.39 bits per heavy atom. The van der Waals surface area contributed by atoms with Crippen molar-refractivity contribution in [1.82, 2.24) is 15.0 Å². The van der Waals surface area contributed by atoms with Crippen LogP contribution >= 0.6 is 0 Å². The van der Waals surface area contributed by atoms with Gasteiger partial charge in [-0.15, -0.1) is 5.10 Å². The predicted octanol–water partition coefficient (Wildman–Crippen LogP) is 2.23. The van der Waals surface area contributed by atoms with E-state index in [1.807, 2.05) is 13.8 Å². The van der Waals surface area contributed by atoms with E-state index in [1.54, 1.807) is 12.1 Å². The maximum atomic E-state index is 13.7. The molecule has 0 aliphatic rings. The Kier molecular flexibility index (Phi) is 3.10. The van der Waals surface area contributed by atoms with Gasteiger partial charge < -0.3 is 5.11 Å². The highest BCUT2D eigenvalue weighted by Gasteiger charge is 2.23. The van der Waals surface area contributed by atoms with E-state index in [4.69, 9.17) is 5.11 Å². The molecule has 1 aromatic carbocycles. The van der Waals surface area contributed by atoms with Crippen LogP contribution in [-0.4, -0.2) is 26.1 Å². The fraction of sp³-hybridized carbons (Fsp3) is 0.250. The number of rotatable bonds is 3. The number of carboxylic acids is 1. The first-order chi connectivity index (χ1) is 8.52. The van der Waals surface area contributed by atoms with Crippen LogP contribution in [0.4, 0.5) is 4.39 Å². The van der Waals surface area contributed by atoms with Crippen molar-refractivity contribution in [2.75, 3.05) is 0 Å². The lowest BCUT2D eigenvalue weighted by Gasteiger charge is -2.10. The Morgan fingerprint density at radius 2 is 2.06 bits per heavy atom. The smallest absolute Gasteiger partial charge is 0.358 e. The average Bonchev–Trinajstić information content (AvgIpc) is 2.74. The highest BCUT2D eigenvalue weighted by Crippen LogP contribution is 2.22. The number of carbonyl (C=O) groups is 1. The molecule has 1 heterocycles. The molecule has 0 amide bonds. The topological polar surface area (TPSA) is 68.0 Å². The van der Waals surface area contributed by atoms with Gasteiger partial charge in [0.15, 0.2) is 5.69 Å². The third-order valence-corrected chi connectivity index (χ3v) is 2.54. The van der Waals surface area contributed by atoms with Gasteiger partial charge >= 0.3 is 5.97 Å². The van der Waals surface area contributed by atoms with Gasteiger partial charge in [0, 0.05) is 0 Å². The monoisotopic (exact) mass is 249 g/mol. The number of nitrogens with zero attached hydrogens (tertiary/aromatic N) is 3. The molecule has 2 aromatic rings. The number of para-hydroxylation sites is 1. The van der Waals surface area contributed by atoms with Crippen LogP contribution in [0.25, 0.3) is 5.69 Å². The zero-order chi connectivity index (χ0) is 13.3. The summed E-state index contributed by atoms with van der Waals surface area (Å²) >= 11 is 0. The summed E-state index contributed by atoms with van der Waals surface area (Å²) in [6.07, 6.45) is 0. The molecule has 0 spiro atoms. The lowest BCUT2D eigenvalue weighted by Crippen LogP contribution is -2.09. The molecular formula is C12H12FN3O2. The van der Waals surface area contributed by atoms with E-state index < -0.39 is 11.8 Å². The molecule has 0 unspecified atom stereocenters. The minimum Gasteiger partial charge on any atom is -0.476 e. The summed E-state index contributed by atoms with van der Waals surface area (Å²) in [7, 11) is 0. The molecule has 5 nitrogen and oxygen atoms in total. The number of halogens is 1. The maximum absolute atomic E-state index is 13.7. The van der Waals surface area contributed by atoms with Gasteiger partial charge in [-0.05, 0) is 18.1 Å². The Balaban J connectivity index is 2.66. The molecule has 2 rings (SSSR count). The van der Waals surface area contributed by atoms with E-state index in [0.717, 1.165) is 0 Å². The van der Waals surface area contributed by atoms with Crippen LogP contribution in [0, 0.1) is 5.82 Å². The SMILES string of the molecule is CC(C)c1c(C(=O)O)nnn1-c1ccccc1F. The molecule has 94 valence electrons. The third kappa shape index (κ3) is 1.97. The van der Waals surface area contributed by atoms with Gasteiger partial charge in [0.2, 0.25) is 0 Å². The number of benzene rings is 1. The lowest BCUT2D eigenvalue weighted by atomic mass is 10.1. The molecule has 0 aliphatic heterocycles. The summed E-state index contributed by atoms with van der Waals surface area (Å²) in [4.78, 5) is 11.0. The molecule has 0 fully saturated rings. The first kappa shape index (κ1) is 12.2. The first-order valence-corrected chi connectivity index (χ1v) is 5.46. The molecule has 1 N–H and O–H groups in total. The van der Waals surface area contributed by atoms with Crippen molar-refractivity contribution in [1.29, 1.82) is 0 Å². The molecule has 6 heteroatoms. The van der Waals surface area contributed by atoms with Crippen LogP contribution in [0.1, 0.15) is 35.9 Å². The Morgan fingerprint density at radius 3 is 2.61 bits per heavy atom. The van der Waals surface area contributed by atoms with Crippen molar-refractivity contribution < 1.29 is 14.3 Å². The zero-order valence-electron chi connectivity index (χ0n) is 9.96. The van der Waals surface area contributed by atoms with Crippen molar-refractivity contribution in [3.8, 4) is 5.69 Å². The van der Waals surface area contributed by atoms with E-state index in [-0.39, 0.29) is 17.3 Å². The molecule has 18 heavy (non-hydrogen) atoms. The summed E-state index contributed by atoms with van der Waals surface area (Å²) in [6, 6.07) is 6.04. The first-order valence-electron chi connectivity index (χ1n) is 5.46. The van der Waals surface area contributed by atoms with Gasteiger partial charge in [-0.1, -0.05) is 31.2 Å². The van der Waals surface area contributed by atoms with Crippen molar-refractivity contribution in [2.24, 2.45) is 0 Å². The van der Waals surface area contributed by atoms with E-state index in [2.05, 4.69) is 10.3 Å². The highest BCUT2D eigenvalue weighted by atomic mass is 19.1. The highest BCUT2D eigenvalue weighted by molar-refractivity contribution is 5.86. The van der Waals surface area contributed by atoms with E-state index in [9.17, 15) is 9.18 Å². The second-order valence-corrected chi connectivity index (χ2v) is 4.15. The van der Waals surface area contributed by atoms with Gasteiger partial charge in [0.05, 0.1) is 5.69 Å². The van der Waals surface area contributed by atoms with Crippen LogP contribution in [0.5, 0.6) is 0 Å². The van der Waals surface area contributed by atoms with Gasteiger partial charge in [0.1, 0.15) is 11.5 Å². The van der Waals surface area contributed by atoms with Gasteiger partial charge in [0.25, 0.3) is 0 Å². The van der Waals surface area contributed by atoms with E-state index >= 15 is 0 Å². The van der Waals surface area contributed by atoms with Crippen molar-refractivity contribution in [2.45, 2.75) is 19.8 Å². The Hall–Kier alpha value is -2.24. The number of hydrogen-bond donors (Lipinski definition) is 1. The zero-order valence-corrected chi connectivity index (χ0v) is 9.96. The van der Waals surface area contributed by atoms with E-state index in [0.29, 0.717) is 5.69 Å². The predicted molar refractivity (Wildman–Crippen MR) is 62.4 cm³/mol. The van der Waals surface area contributed by atoms with Gasteiger partial charge in [-0.3, -0.25) is 0 Å². The largest absolute Gasteiger partial charge is 0.476 e. The summed E-state index contributed by atoms with van der Waals surface area (Å²) in [5, 5.41) is 16.4. The molecule has 0 saturated carbocycles. The van der Waals surface area contributed by atoms with Crippen LogP contribution in [0.2, 0.25) is 0 Å². The standard InChI is InChI=1S/C12H12FN3O2/c1-7(2)11-10(12(17)18)14-15-16(11)9-6-4-3-5-8(9)13/h3-7H,1-2H3,(H,17,18). The van der Waals surface area contributed by atoms with Crippen molar-refractivity contribution >= 4 is 5.97 Å². The van der Waals surface area contributed by atoms with Crippen LogP contribution < -0.4 is 0 Å². The summed E-state index contributed by atoms with van der Waals surface area (Å²) in [5.41, 5.74) is 0.432. The van der Waals surface area contributed by atoms with Crippen LogP contribution in [0.3, 0.4) is 0 Å². The van der Waals surface area contributed by atoms with Gasteiger partial charge in [-0.25, -0.2) is 13.9 Å². The molecular weight excluding hydrogens is 237 g/mol. The molecule has 0 bridgehead atoms. The number of carboxylic acid groups (broad SMARTS) is 1. The van der Waals surface area contributed by atoms with Crippen LogP contribution in [-0.2, 0) is 0 Å². The molecule has 1 aromatic heterocycles. The number of hydrogen-bond acceptors (Lipinski definition) is 3. The maximum Gasteiger partial charge on any atom is 0.358 e. The number of aromatic nitrogens is 3. The normalized spacial score (nSPS) is 10.9. The second-order valence-electron chi connectivity index (χ2n) is 4.15. The molecule has 0 radical (unpaired) electrons. The molecule has 0 saturated heterocycles. The lowest BCUT2D eigenvalue weighted by molar-refractivity contribution is 0.0688. The fourth-order valence-corrected chi connectivity index (χ4v) is 1.76. The van der Waals surface area contributed by atoms with Crippen molar-refractivity contribution in [3.05, 3.63) is 41.5 Å². The Labute approximate surface area is 103 Å². The Bertz CT molecular complexity index is 593.